The third-order valence-corrected chi connectivity index (χ3v) is 5.23. The van der Waals surface area contributed by atoms with Gasteiger partial charge in [0.05, 0.1) is 23.0 Å². The second kappa shape index (κ2) is 8.05. The number of hydrogen-bond acceptors (Lipinski definition) is 3. The number of hydrogen-bond donors (Lipinski definition) is 0. The predicted molar refractivity (Wildman–Crippen MR) is 118 cm³/mol. The number of halogens is 2. The molecule has 0 atom stereocenters. The average molecular weight is 491 g/mol. The summed E-state index contributed by atoms with van der Waals surface area (Å²) in [5.74, 6) is 0.622. The van der Waals surface area contributed by atoms with E-state index in [2.05, 4.69) is 37.9 Å². The van der Waals surface area contributed by atoms with Crippen molar-refractivity contribution in [2.75, 3.05) is 0 Å². The second-order valence-electron chi connectivity index (χ2n) is 6.17. The van der Waals surface area contributed by atoms with E-state index in [1.165, 1.54) is 0 Å². The molecule has 0 N–H and O–H groups in total. The Labute approximate surface area is 180 Å². The zero-order valence-electron chi connectivity index (χ0n) is 14.6. The van der Waals surface area contributed by atoms with Crippen molar-refractivity contribution in [3.05, 3.63) is 93.4 Å². The molecule has 0 aliphatic carbocycles. The number of rotatable bonds is 3. The molecule has 0 fully saturated rings. The number of nitrogens with zero attached hydrogens (tertiary/aromatic N) is 3. The first-order chi connectivity index (χ1) is 13.6. The summed E-state index contributed by atoms with van der Waals surface area (Å²) in [6.45, 7) is 0. The molecule has 0 aliphatic heterocycles. The maximum absolute atomic E-state index is 9.05. The summed E-state index contributed by atoms with van der Waals surface area (Å²) in [4.78, 5) is 9.58. The van der Waals surface area contributed by atoms with Crippen molar-refractivity contribution in [2.24, 2.45) is 0 Å². The monoisotopic (exact) mass is 489 g/mol. The fourth-order valence-electron chi connectivity index (χ4n) is 2.86. The smallest absolute Gasteiger partial charge is 0.160 e. The number of nitriles is 1. The van der Waals surface area contributed by atoms with E-state index >= 15 is 0 Å². The van der Waals surface area contributed by atoms with E-state index in [4.69, 9.17) is 15.2 Å². The molecule has 0 saturated carbocycles. The summed E-state index contributed by atoms with van der Waals surface area (Å²) in [6.07, 6.45) is 0. The van der Waals surface area contributed by atoms with Crippen molar-refractivity contribution in [1.82, 2.24) is 9.97 Å². The van der Waals surface area contributed by atoms with Crippen LogP contribution in [0.2, 0.25) is 0 Å². The molecule has 134 valence electrons. The Balaban J connectivity index is 1.91. The molecule has 3 aromatic carbocycles. The zero-order valence-corrected chi connectivity index (χ0v) is 17.8. The highest BCUT2D eigenvalue weighted by Gasteiger charge is 2.11. The lowest BCUT2D eigenvalue weighted by molar-refractivity contribution is 1.18. The Kier molecular flexibility index (Phi) is 5.34. The largest absolute Gasteiger partial charge is 0.228 e. The summed E-state index contributed by atoms with van der Waals surface area (Å²) in [7, 11) is 0. The van der Waals surface area contributed by atoms with Crippen LogP contribution >= 0.6 is 31.9 Å². The molecule has 1 heterocycles. The average Bonchev–Trinajstić information content (AvgIpc) is 2.73. The summed E-state index contributed by atoms with van der Waals surface area (Å²) < 4.78 is 1.99. The number of benzene rings is 3. The fourth-order valence-corrected chi connectivity index (χ4v) is 3.66. The Morgan fingerprint density at radius 2 is 1.18 bits per heavy atom. The summed E-state index contributed by atoms with van der Waals surface area (Å²) in [5, 5.41) is 9.05. The van der Waals surface area contributed by atoms with E-state index in [1.807, 2.05) is 66.7 Å². The molecular weight excluding hydrogens is 478 g/mol. The first-order valence-corrected chi connectivity index (χ1v) is 10.1. The Hall–Kier alpha value is -2.81. The first kappa shape index (κ1) is 18.5. The van der Waals surface area contributed by atoms with Crippen molar-refractivity contribution in [2.45, 2.75) is 0 Å². The van der Waals surface area contributed by atoms with E-state index in [1.54, 1.807) is 12.1 Å². The van der Waals surface area contributed by atoms with Gasteiger partial charge in [0, 0.05) is 25.6 Å². The van der Waals surface area contributed by atoms with Gasteiger partial charge in [-0.15, -0.1) is 0 Å². The molecule has 0 amide bonds. The normalized spacial score (nSPS) is 10.5. The maximum atomic E-state index is 9.05. The highest BCUT2D eigenvalue weighted by Crippen LogP contribution is 2.29. The molecular formula is C23H13Br2N3. The van der Waals surface area contributed by atoms with Gasteiger partial charge >= 0.3 is 0 Å². The van der Waals surface area contributed by atoms with Gasteiger partial charge in [-0.3, -0.25) is 0 Å². The van der Waals surface area contributed by atoms with Gasteiger partial charge in [-0.25, -0.2) is 9.97 Å². The van der Waals surface area contributed by atoms with Crippen LogP contribution in [0.3, 0.4) is 0 Å². The van der Waals surface area contributed by atoms with Crippen molar-refractivity contribution >= 4 is 31.9 Å². The van der Waals surface area contributed by atoms with Crippen LogP contribution in [-0.2, 0) is 0 Å². The molecule has 0 radical (unpaired) electrons. The van der Waals surface area contributed by atoms with Gasteiger partial charge in [-0.2, -0.15) is 5.26 Å². The first-order valence-electron chi connectivity index (χ1n) is 8.54. The van der Waals surface area contributed by atoms with Crippen molar-refractivity contribution in [3.63, 3.8) is 0 Å². The van der Waals surface area contributed by atoms with Gasteiger partial charge in [0.2, 0.25) is 0 Å². The molecule has 0 bridgehead atoms. The van der Waals surface area contributed by atoms with Gasteiger partial charge in [0.1, 0.15) is 0 Å². The van der Waals surface area contributed by atoms with E-state index in [9.17, 15) is 0 Å². The van der Waals surface area contributed by atoms with Crippen LogP contribution in [0.4, 0.5) is 0 Å². The lowest BCUT2D eigenvalue weighted by Gasteiger charge is -2.10. The van der Waals surface area contributed by atoms with Crippen molar-refractivity contribution < 1.29 is 0 Å². The SMILES string of the molecule is N#Cc1ccc(-c2nc(-c3cccc(Br)c3)cc(-c3cccc(Br)c3)n2)cc1. The highest BCUT2D eigenvalue weighted by molar-refractivity contribution is 9.10. The van der Waals surface area contributed by atoms with Crippen LogP contribution in [0.25, 0.3) is 33.9 Å². The lowest BCUT2D eigenvalue weighted by Crippen LogP contribution is -1.96. The van der Waals surface area contributed by atoms with Gasteiger partial charge in [-0.05, 0) is 54.6 Å². The van der Waals surface area contributed by atoms with Gasteiger partial charge in [0.15, 0.2) is 5.82 Å². The minimum absolute atomic E-state index is 0.610. The van der Waals surface area contributed by atoms with Gasteiger partial charge in [-0.1, -0.05) is 56.1 Å². The zero-order chi connectivity index (χ0) is 19.5. The molecule has 1 aromatic heterocycles. The third-order valence-electron chi connectivity index (χ3n) is 4.24. The Morgan fingerprint density at radius 3 is 1.64 bits per heavy atom. The topological polar surface area (TPSA) is 49.6 Å². The summed E-state index contributed by atoms with van der Waals surface area (Å²) >= 11 is 7.06. The van der Waals surface area contributed by atoms with Gasteiger partial charge < -0.3 is 0 Å². The van der Waals surface area contributed by atoms with Crippen LogP contribution in [-0.4, -0.2) is 9.97 Å². The molecule has 0 aliphatic rings. The maximum Gasteiger partial charge on any atom is 0.160 e. The van der Waals surface area contributed by atoms with E-state index in [-0.39, 0.29) is 0 Å². The predicted octanol–water partition coefficient (Wildman–Crippen LogP) is 6.87. The molecule has 0 unspecified atom stereocenters. The van der Waals surface area contributed by atoms with Crippen LogP contribution < -0.4 is 0 Å². The van der Waals surface area contributed by atoms with E-state index in [0.717, 1.165) is 37.0 Å². The quantitative estimate of drug-likeness (QED) is 0.314. The van der Waals surface area contributed by atoms with Gasteiger partial charge in [0.25, 0.3) is 0 Å². The van der Waals surface area contributed by atoms with Crippen molar-refractivity contribution in [3.8, 4) is 40.0 Å². The summed E-state index contributed by atoms with van der Waals surface area (Å²) in [6, 6.07) is 27.5. The van der Waals surface area contributed by atoms with Crippen LogP contribution in [0.5, 0.6) is 0 Å². The van der Waals surface area contributed by atoms with Crippen LogP contribution in [0, 0.1) is 11.3 Å². The molecule has 0 saturated heterocycles. The number of aromatic nitrogens is 2. The Bertz CT molecular complexity index is 1130. The fraction of sp³-hybridized carbons (Fsp3) is 0. The third kappa shape index (κ3) is 4.04. The van der Waals surface area contributed by atoms with Crippen LogP contribution in [0.1, 0.15) is 5.56 Å². The summed E-state index contributed by atoms with van der Waals surface area (Å²) in [5.41, 5.74) is 5.16. The molecule has 3 nitrogen and oxygen atoms in total. The highest BCUT2D eigenvalue weighted by atomic mass is 79.9. The molecule has 0 spiro atoms. The molecule has 28 heavy (non-hydrogen) atoms. The minimum atomic E-state index is 0.610. The van der Waals surface area contributed by atoms with Crippen LogP contribution in [0.15, 0.2) is 87.8 Å². The molecule has 5 heteroatoms. The standard InChI is InChI=1S/C23H13Br2N3/c24-19-5-1-3-17(11-19)21-13-22(18-4-2-6-20(25)12-18)28-23(27-21)16-9-7-15(14-26)8-10-16/h1-13H. The Morgan fingerprint density at radius 1 is 0.643 bits per heavy atom. The molecule has 4 aromatic rings. The second-order valence-corrected chi connectivity index (χ2v) is 8.00. The minimum Gasteiger partial charge on any atom is -0.228 e. The van der Waals surface area contributed by atoms with E-state index in [0.29, 0.717) is 11.4 Å². The lowest BCUT2D eigenvalue weighted by atomic mass is 10.1. The van der Waals surface area contributed by atoms with Crippen molar-refractivity contribution in [1.29, 1.82) is 5.26 Å². The van der Waals surface area contributed by atoms with E-state index < -0.39 is 0 Å². The molecule has 4 rings (SSSR count).